The Morgan fingerprint density at radius 1 is 0.471 bits per heavy atom. The summed E-state index contributed by atoms with van der Waals surface area (Å²) in [6, 6.07) is 0.135. The minimum atomic E-state index is -0.514. The molecule has 206 valence electrons. The van der Waals surface area contributed by atoms with E-state index in [4.69, 9.17) is 0 Å². The highest BCUT2D eigenvalue weighted by Gasteiger charge is 2.34. The highest BCUT2D eigenvalue weighted by atomic mass is 16.3. The van der Waals surface area contributed by atoms with E-state index < -0.39 is 24.4 Å². The summed E-state index contributed by atoms with van der Waals surface area (Å²) in [5.41, 5.74) is 0. The lowest BCUT2D eigenvalue weighted by atomic mass is 9.95. The SMILES string of the molecule is CCN(CC)CCC(C(CCN(CC)CC)N(CC(C)O)CC(C)O)N(CC(C)O)CC(C)O. The summed E-state index contributed by atoms with van der Waals surface area (Å²) in [7, 11) is 0. The number of nitrogens with zero attached hydrogens (tertiary/aromatic N) is 4. The lowest BCUT2D eigenvalue weighted by Crippen LogP contribution is -2.58. The molecule has 0 fully saturated rings. The molecule has 0 aliphatic rings. The van der Waals surface area contributed by atoms with Gasteiger partial charge in [0.1, 0.15) is 0 Å². The third kappa shape index (κ3) is 14.3. The molecule has 0 aromatic rings. The Hall–Kier alpha value is -0.320. The third-order valence-electron chi connectivity index (χ3n) is 6.65. The van der Waals surface area contributed by atoms with E-state index in [1.807, 2.05) is 0 Å². The predicted octanol–water partition coefficient (Wildman–Crippen LogP) is 1.31. The first-order chi connectivity index (χ1) is 16.0. The Bertz CT molecular complexity index is 410. The van der Waals surface area contributed by atoms with Crippen molar-refractivity contribution < 1.29 is 20.4 Å². The Kier molecular flexibility index (Phi) is 18.7. The molecule has 0 aliphatic carbocycles. The molecule has 0 spiro atoms. The van der Waals surface area contributed by atoms with Crippen molar-refractivity contribution in [2.24, 2.45) is 0 Å². The zero-order valence-electron chi connectivity index (χ0n) is 23.5. The van der Waals surface area contributed by atoms with Gasteiger partial charge < -0.3 is 30.2 Å². The zero-order chi connectivity index (χ0) is 26.3. The molecule has 0 amide bonds. The van der Waals surface area contributed by atoms with Gasteiger partial charge in [0.2, 0.25) is 0 Å². The standard InChI is InChI=1S/C26H58N4O4/c1-9-27(10-2)15-13-25(29(17-21(5)31)18-22(6)32)26(14-16-28(11-3)12-4)30(19-23(7)33)20-24(8)34/h21-26,31-34H,9-20H2,1-8H3. The number of rotatable bonds is 21. The normalized spacial score (nSPS) is 18.0. The maximum Gasteiger partial charge on any atom is 0.0639 e. The van der Waals surface area contributed by atoms with Crippen LogP contribution in [-0.4, -0.2) is 142 Å². The van der Waals surface area contributed by atoms with Crippen molar-refractivity contribution >= 4 is 0 Å². The van der Waals surface area contributed by atoms with Crippen molar-refractivity contribution in [2.75, 3.05) is 65.4 Å². The van der Waals surface area contributed by atoms with Gasteiger partial charge in [-0.1, -0.05) is 27.7 Å². The van der Waals surface area contributed by atoms with E-state index in [2.05, 4.69) is 47.3 Å². The van der Waals surface area contributed by atoms with E-state index >= 15 is 0 Å². The molecule has 0 rings (SSSR count). The minimum absolute atomic E-state index is 0.0675. The number of aliphatic hydroxyl groups is 4. The van der Waals surface area contributed by atoms with Crippen LogP contribution in [-0.2, 0) is 0 Å². The fraction of sp³-hybridized carbons (Fsp3) is 1.00. The van der Waals surface area contributed by atoms with Gasteiger partial charge in [0.05, 0.1) is 24.4 Å². The van der Waals surface area contributed by atoms with Crippen molar-refractivity contribution in [3.63, 3.8) is 0 Å². The second-order valence-corrected chi connectivity index (χ2v) is 10.1. The predicted molar refractivity (Wildman–Crippen MR) is 142 cm³/mol. The first-order valence-electron chi connectivity index (χ1n) is 13.6. The molecule has 6 atom stereocenters. The molecule has 8 heteroatoms. The Labute approximate surface area is 210 Å². The fourth-order valence-electron chi connectivity index (χ4n) is 4.99. The van der Waals surface area contributed by atoms with Gasteiger partial charge in [0.25, 0.3) is 0 Å². The van der Waals surface area contributed by atoms with E-state index in [0.29, 0.717) is 26.2 Å². The highest BCUT2D eigenvalue weighted by Crippen LogP contribution is 2.22. The number of aliphatic hydroxyl groups excluding tert-OH is 4. The number of hydrogen-bond acceptors (Lipinski definition) is 8. The molecule has 0 aliphatic heterocycles. The van der Waals surface area contributed by atoms with Crippen LogP contribution in [0.25, 0.3) is 0 Å². The van der Waals surface area contributed by atoms with Crippen LogP contribution in [0.4, 0.5) is 0 Å². The first-order valence-corrected chi connectivity index (χ1v) is 13.6. The minimum Gasteiger partial charge on any atom is -0.392 e. The average molecular weight is 491 g/mol. The van der Waals surface area contributed by atoms with Crippen LogP contribution in [0, 0.1) is 0 Å². The maximum absolute atomic E-state index is 10.3. The van der Waals surface area contributed by atoms with E-state index in [1.54, 1.807) is 27.7 Å². The molecule has 6 unspecified atom stereocenters. The van der Waals surface area contributed by atoms with Crippen LogP contribution in [0.15, 0.2) is 0 Å². The van der Waals surface area contributed by atoms with Gasteiger partial charge in [-0.15, -0.1) is 0 Å². The van der Waals surface area contributed by atoms with Crippen molar-refractivity contribution in [1.29, 1.82) is 0 Å². The summed E-state index contributed by atoms with van der Waals surface area (Å²) < 4.78 is 0. The molecule has 8 nitrogen and oxygen atoms in total. The molecule has 0 aromatic heterocycles. The Morgan fingerprint density at radius 2 is 0.706 bits per heavy atom. The Balaban J connectivity index is 6.31. The monoisotopic (exact) mass is 490 g/mol. The third-order valence-corrected chi connectivity index (χ3v) is 6.65. The van der Waals surface area contributed by atoms with Gasteiger partial charge in [0.15, 0.2) is 0 Å². The zero-order valence-corrected chi connectivity index (χ0v) is 23.5. The summed E-state index contributed by atoms with van der Waals surface area (Å²) in [4.78, 5) is 9.29. The van der Waals surface area contributed by atoms with Crippen LogP contribution in [0.2, 0.25) is 0 Å². The molecule has 34 heavy (non-hydrogen) atoms. The largest absolute Gasteiger partial charge is 0.392 e. The van der Waals surface area contributed by atoms with Crippen LogP contribution in [0.3, 0.4) is 0 Å². The van der Waals surface area contributed by atoms with Crippen LogP contribution >= 0.6 is 0 Å². The molecular weight excluding hydrogens is 432 g/mol. The molecule has 0 bridgehead atoms. The lowest BCUT2D eigenvalue weighted by molar-refractivity contribution is -0.0157. The second kappa shape index (κ2) is 18.9. The smallest absolute Gasteiger partial charge is 0.0639 e. The quantitative estimate of drug-likeness (QED) is 0.191. The topological polar surface area (TPSA) is 93.9 Å². The highest BCUT2D eigenvalue weighted by molar-refractivity contribution is 4.91. The molecule has 0 saturated heterocycles. The average Bonchev–Trinajstić information content (AvgIpc) is 2.73. The van der Waals surface area contributed by atoms with Gasteiger partial charge in [0, 0.05) is 38.3 Å². The van der Waals surface area contributed by atoms with Crippen molar-refractivity contribution in [3.8, 4) is 0 Å². The van der Waals surface area contributed by atoms with Crippen molar-refractivity contribution in [2.45, 2.75) is 105 Å². The molecular formula is C26H58N4O4. The molecule has 4 N–H and O–H groups in total. The van der Waals surface area contributed by atoms with Gasteiger partial charge in [-0.25, -0.2) is 0 Å². The van der Waals surface area contributed by atoms with E-state index in [-0.39, 0.29) is 12.1 Å². The van der Waals surface area contributed by atoms with Crippen molar-refractivity contribution in [3.05, 3.63) is 0 Å². The maximum atomic E-state index is 10.3. The van der Waals surface area contributed by atoms with Crippen LogP contribution < -0.4 is 0 Å². The molecule has 0 aromatic carbocycles. The van der Waals surface area contributed by atoms with Crippen molar-refractivity contribution in [1.82, 2.24) is 19.6 Å². The van der Waals surface area contributed by atoms with Gasteiger partial charge in [-0.3, -0.25) is 9.80 Å². The number of hydrogen-bond donors (Lipinski definition) is 4. The lowest BCUT2D eigenvalue weighted by Gasteiger charge is -2.45. The van der Waals surface area contributed by atoms with Gasteiger partial charge >= 0.3 is 0 Å². The molecule has 0 saturated carbocycles. The summed E-state index contributed by atoms with van der Waals surface area (Å²) in [5, 5.41) is 41.3. The Morgan fingerprint density at radius 3 is 0.882 bits per heavy atom. The van der Waals surface area contributed by atoms with Crippen LogP contribution in [0.5, 0.6) is 0 Å². The van der Waals surface area contributed by atoms with Crippen LogP contribution in [0.1, 0.15) is 68.2 Å². The first kappa shape index (κ1) is 33.7. The summed E-state index contributed by atoms with van der Waals surface area (Å²) in [5.74, 6) is 0. The van der Waals surface area contributed by atoms with E-state index in [1.165, 1.54) is 0 Å². The van der Waals surface area contributed by atoms with Gasteiger partial charge in [-0.05, 0) is 79.8 Å². The summed E-state index contributed by atoms with van der Waals surface area (Å²) >= 11 is 0. The molecule has 0 radical (unpaired) electrons. The summed E-state index contributed by atoms with van der Waals surface area (Å²) in [6.45, 7) is 23.6. The van der Waals surface area contributed by atoms with Gasteiger partial charge in [-0.2, -0.15) is 0 Å². The second-order valence-electron chi connectivity index (χ2n) is 10.1. The fourth-order valence-corrected chi connectivity index (χ4v) is 4.99. The van der Waals surface area contributed by atoms with E-state index in [0.717, 1.165) is 52.1 Å². The molecule has 0 heterocycles. The van der Waals surface area contributed by atoms with E-state index in [9.17, 15) is 20.4 Å². The summed E-state index contributed by atoms with van der Waals surface area (Å²) in [6.07, 6.45) is -0.277.